The first-order valence-electron chi connectivity index (χ1n) is 5.13. The smallest absolute Gasteiger partial charge is 0.313 e. The average molecular weight is 341 g/mol. The molecule has 0 atom stereocenters. The Morgan fingerprint density at radius 2 is 1.81 bits per heavy atom. The molecule has 2 amide bonds. The Morgan fingerprint density at radius 3 is 2.12 bits per heavy atom. The lowest BCUT2D eigenvalue weighted by atomic mass is 10.3. The highest BCUT2D eigenvalue weighted by Gasteiger charge is 2.27. The van der Waals surface area contributed by atoms with Crippen LogP contribution >= 0.6 is 22.6 Å². The van der Waals surface area contributed by atoms with Crippen LogP contribution in [0.1, 0.15) is 32.6 Å². The molecular weight excluding hydrogens is 325 g/mol. The summed E-state index contributed by atoms with van der Waals surface area (Å²) in [6.45, 7) is 2.67. The maximum atomic E-state index is 11.0. The summed E-state index contributed by atoms with van der Waals surface area (Å²) in [4.78, 5) is 32.7. The molecule has 1 rings (SSSR count). The standard InChI is InChI=1S/C8H13NO2.C2H3IO2/c1-2-3-6-9-7(10)4-5-8(9)11;3-1-2(4)5/h2-6H2,1H3;1H2,(H,4,5). The van der Waals surface area contributed by atoms with Crippen molar-refractivity contribution < 1.29 is 19.5 Å². The number of carbonyl (C=O) groups excluding carboxylic acids is 2. The van der Waals surface area contributed by atoms with Crippen molar-refractivity contribution in [3.8, 4) is 0 Å². The maximum absolute atomic E-state index is 11.0. The van der Waals surface area contributed by atoms with E-state index < -0.39 is 5.97 Å². The van der Waals surface area contributed by atoms with Crippen LogP contribution in [0.3, 0.4) is 0 Å². The Hall–Kier alpha value is -0.660. The Morgan fingerprint density at radius 1 is 1.38 bits per heavy atom. The highest BCUT2D eigenvalue weighted by molar-refractivity contribution is 14.1. The third kappa shape index (κ3) is 6.04. The Balaban J connectivity index is 0.000000385. The first kappa shape index (κ1) is 15.3. The first-order valence-corrected chi connectivity index (χ1v) is 6.66. The van der Waals surface area contributed by atoms with Gasteiger partial charge in [-0.2, -0.15) is 0 Å². The van der Waals surface area contributed by atoms with Gasteiger partial charge in [0, 0.05) is 19.4 Å². The van der Waals surface area contributed by atoms with E-state index in [1.165, 1.54) is 4.90 Å². The number of likely N-dealkylation sites (tertiary alicyclic amines) is 1. The zero-order valence-electron chi connectivity index (χ0n) is 9.24. The van der Waals surface area contributed by atoms with Crippen molar-refractivity contribution in [2.75, 3.05) is 11.0 Å². The number of unbranched alkanes of at least 4 members (excludes halogenated alkanes) is 1. The van der Waals surface area contributed by atoms with E-state index in [0.717, 1.165) is 12.8 Å². The number of carboxylic acid groups (broad SMARTS) is 1. The minimum Gasteiger partial charge on any atom is -0.481 e. The van der Waals surface area contributed by atoms with Gasteiger partial charge in [-0.3, -0.25) is 19.3 Å². The molecule has 1 saturated heterocycles. The third-order valence-corrected chi connectivity index (χ3v) is 2.66. The summed E-state index contributed by atoms with van der Waals surface area (Å²) >= 11 is 1.78. The highest BCUT2D eigenvalue weighted by Crippen LogP contribution is 2.11. The van der Waals surface area contributed by atoms with Crippen molar-refractivity contribution in [1.82, 2.24) is 4.90 Å². The third-order valence-electron chi connectivity index (χ3n) is 2.00. The normalized spacial score (nSPS) is 14.8. The first-order chi connectivity index (χ1) is 7.52. The van der Waals surface area contributed by atoms with E-state index in [2.05, 4.69) is 0 Å². The largest absolute Gasteiger partial charge is 0.481 e. The fourth-order valence-electron chi connectivity index (χ4n) is 1.19. The Labute approximate surface area is 108 Å². The summed E-state index contributed by atoms with van der Waals surface area (Å²) in [6, 6.07) is 0. The van der Waals surface area contributed by atoms with Crippen molar-refractivity contribution in [1.29, 1.82) is 0 Å². The summed E-state index contributed by atoms with van der Waals surface area (Å²) in [7, 11) is 0. The number of imide groups is 1. The maximum Gasteiger partial charge on any atom is 0.313 e. The van der Waals surface area contributed by atoms with Gasteiger partial charge < -0.3 is 5.11 Å². The number of carboxylic acids is 1. The van der Waals surface area contributed by atoms with E-state index >= 15 is 0 Å². The number of carbonyl (C=O) groups is 3. The van der Waals surface area contributed by atoms with Gasteiger partial charge in [-0.15, -0.1) is 0 Å². The van der Waals surface area contributed by atoms with Gasteiger partial charge in [0.1, 0.15) is 0 Å². The lowest BCUT2D eigenvalue weighted by Gasteiger charge is -2.11. The molecule has 0 bridgehead atoms. The number of hydrogen-bond acceptors (Lipinski definition) is 3. The topological polar surface area (TPSA) is 74.7 Å². The Kier molecular flexibility index (Phi) is 8.14. The summed E-state index contributed by atoms with van der Waals surface area (Å²) < 4.78 is 0.192. The molecule has 0 aromatic heterocycles. The van der Waals surface area contributed by atoms with Crippen LogP contribution in [-0.4, -0.2) is 38.8 Å². The van der Waals surface area contributed by atoms with Gasteiger partial charge in [-0.05, 0) is 6.42 Å². The van der Waals surface area contributed by atoms with Gasteiger partial charge in [-0.1, -0.05) is 35.9 Å². The quantitative estimate of drug-likeness (QED) is 0.477. The minimum absolute atomic E-state index is 0.00319. The molecule has 6 heteroatoms. The van der Waals surface area contributed by atoms with Crippen LogP contribution in [0.5, 0.6) is 0 Å². The predicted octanol–water partition coefficient (Wildman–Crippen LogP) is 1.44. The number of hydrogen-bond donors (Lipinski definition) is 1. The molecule has 5 nitrogen and oxygen atoms in total. The van der Waals surface area contributed by atoms with Gasteiger partial charge in [-0.25, -0.2) is 0 Å². The molecule has 1 heterocycles. The number of rotatable bonds is 4. The molecule has 0 radical (unpaired) electrons. The van der Waals surface area contributed by atoms with Crippen molar-refractivity contribution in [2.45, 2.75) is 32.6 Å². The molecule has 1 aliphatic heterocycles. The van der Waals surface area contributed by atoms with Gasteiger partial charge in [0.25, 0.3) is 0 Å². The van der Waals surface area contributed by atoms with E-state index in [1.807, 2.05) is 6.92 Å². The summed E-state index contributed by atoms with van der Waals surface area (Å²) in [5, 5.41) is 7.71. The predicted molar refractivity (Wildman–Crippen MR) is 67.4 cm³/mol. The number of halogens is 1. The van der Waals surface area contributed by atoms with E-state index in [4.69, 9.17) is 5.11 Å². The molecule has 0 aromatic rings. The average Bonchev–Trinajstić information content (AvgIpc) is 2.57. The van der Waals surface area contributed by atoms with Crippen molar-refractivity contribution in [2.24, 2.45) is 0 Å². The number of alkyl halides is 1. The second-order valence-corrected chi connectivity index (χ2v) is 4.08. The van der Waals surface area contributed by atoms with Crippen LogP contribution < -0.4 is 0 Å². The lowest BCUT2D eigenvalue weighted by Crippen LogP contribution is -2.29. The number of aliphatic carboxylic acids is 1. The second-order valence-electron chi connectivity index (χ2n) is 3.32. The van der Waals surface area contributed by atoms with Crippen molar-refractivity contribution >= 4 is 40.4 Å². The zero-order valence-corrected chi connectivity index (χ0v) is 11.4. The molecule has 16 heavy (non-hydrogen) atoms. The molecule has 92 valence electrons. The summed E-state index contributed by atoms with van der Waals surface area (Å²) in [5.74, 6) is -0.752. The van der Waals surface area contributed by atoms with Crippen LogP contribution in [0, 0.1) is 0 Å². The number of nitrogens with zero attached hydrogens (tertiary/aromatic N) is 1. The molecule has 0 aliphatic carbocycles. The minimum atomic E-state index is -0.759. The molecular formula is C10H16INO4. The molecule has 0 saturated carbocycles. The molecule has 0 unspecified atom stereocenters. The molecule has 1 N–H and O–H groups in total. The molecule has 0 aromatic carbocycles. The van der Waals surface area contributed by atoms with Gasteiger partial charge in [0.2, 0.25) is 11.8 Å². The van der Waals surface area contributed by atoms with Gasteiger partial charge >= 0.3 is 5.97 Å². The Bertz CT molecular complexity index is 252. The van der Waals surface area contributed by atoms with E-state index in [9.17, 15) is 14.4 Å². The SMILES string of the molecule is CCCCN1C(=O)CCC1=O.O=C(O)CI. The molecule has 1 fully saturated rings. The van der Waals surface area contributed by atoms with Crippen LogP contribution in [-0.2, 0) is 14.4 Å². The van der Waals surface area contributed by atoms with Crippen molar-refractivity contribution in [3.63, 3.8) is 0 Å². The van der Waals surface area contributed by atoms with Crippen LogP contribution in [0.2, 0.25) is 0 Å². The van der Waals surface area contributed by atoms with Crippen LogP contribution in [0.25, 0.3) is 0 Å². The monoisotopic (exact) mass is 341 g/mol. The van der Waals surface area contributed by atoms with Crippen LogP contribution in [0.15, 0.2) is 0 Å². The van der Waals surface area contributed by atoms with E-state index in [-0.39, 0.29) is 16.2 Å². The van der Waals surface area contributed by atoms with Gasteiger partial charge in [0.05, 0.1) is 4.43 Å². The van der Waals surface area contributed by atoms with E-state index in [1.54, 1.807) is 22.6 Å². The van der Waals surface area contributed by atoms with E-state index in [0.29, 0.717) is 19.4 Å². The molecule has 1 aliphatic rings. The lowest BCUT2D eigenvalue weighted by molar-refractivity contribution is -0.138. The summed E-state index contributed by atoms with van der Waals surface area (Å²) in [5.41, 5.74) is 0. The zero-order chi connectivity index (χ0) is 12.6. The van der Waals surface area contributed by atoms with Gasteiger partial charge in [0.15, 0.2) is 0 Å². The highest BCUT2D eigenvalue weighted by atomic mass is 127. The fourth-order valence-corrected chi connectivity index (χ4v) is 1.19. The van der Waals surface area contributed by atoms with Crippen LogP contribution in [0.4, 0.5) is 0 Å². The summed E-state index contributed by atoms with van der Waals surface area (Å²) in [6.07, 6.45) is 2.79. The molecule has 0 spiro atoms. The number of amides is 2. The van der Waals surface area contributed by atoms with Crippen molar-refractivity contribution in [3.05, 3.63) is 0 Å². The fraction of sp³-hybridized carbons (Fsp3) is 0.700. The second kappa shape index (κ2) is 8.49.